The smallest absolute Gasteiger partial charge is 0.272 e. The van der Waals surface area contributed by atoms with Crippen molar-refractivity contribution in [3.63, 3.8) is 0 Å². The Morgan fingerprint density at radius 3 is 2.79 bits per heavy atom. The van der Waals surface area contributed by atoms with E-state index in [1.54, 1.807) is 38.3 Å². The number of rotatable bonds is 2. The van der Waals surface area contributed by atoms with Crippen molar-refractivity contribution < 1.29 is 9.59 Å². The molecule has 0 saturated carbocycles. The van der Waals surface area contributed by atoms with Gasteiger partial charge in [-0.1, -0.05) is 0 Å². The van der Waals surface area contributed by atoms with Crippen LogP contribution in [-0.4, -0.2) is 71.2 Å². The van der Waals surface area contributed by atoms with Gasteiger partial charge in [-0.25, -0.2) is 0 Å². The summed E-state index contributed by atoms with van der Waals surface area (Å²) in [6, 6.07) is 1.22. The summed E-state index contributed by atoms with van der Waals surface area (Å²) < 4.78 is 1.53. The first-order chi connectivity index (χ1) is 9.02. The number of nitrogens with zero attached hydrogens (tertiary/aromatic N) is 4. The van der Waals surface area contributed by atoms with Gasteiger partial charge >= 0.3 is 0 Å². The topological polar surface area (TPSA) is 70.5 Å². The molecule has 0 bridgehead atoms. The second-order valence-electron chi connectivity index (χ2n) is 4.79. The molecule has 104 valence electrons. The minimum absolute atomic E-state index is 0.0669. The first kappa shape index (κ1) is 13.5. The molecule has 7 nitrogen and oxygen atoms in total. The number of aromatic nitrogens is 2. The molecular formula is C12H19N5O2. The van der Waals surface area contributed by atoms with Crippen molar-refractivity contribution in [2.24, 2.45) is 7.05 Å². The van der Waals surface area contributed by atoms with Crippen LogP contribution < -0.4 is 5.32 Å². The van der Waals surface area contributed by atoms with Crippen LogP contribution in [0.25, 0.3) is 0 Å². The van der Waals surface area contributed by atoms with Crippen LogP contribution in [0, 0.1) is 0 Å². The van der Waals surface area contributed by atoms with Crippen LogP contribution in [-0.2, 0) is 11.8 Å². The Morgan fingerprint density at radius 1 is 1.47 bits per heavy atom. The molecule has 1 aliphatic rings. The summed E-state index contributed by atoms with van der Waals surface area (Å²) in [5.74, 6) is -0.218. The van der Waals surface area contributed by atoms with Gasteiger partial charge < -0.3 is 15.1 Å². The van der Waals surface area contributed by atoms with Crippen LogP contribution in [0.3, 0.4) is 0 Å². The summed E-state index contributed by atoms with van der Waals surface area (Å²) in [7, 11) is 5.12. The first-order valence-electron chi connectivity index (χ1n) is 6.23. The van der Waals surface area contributed by atoms with Crippen molar-refractivity contribution in [1.82, 2.24) is 24.9 Å². The summed E-state index contributed by atoms with van der Waals surface area (Å²) in [6.07, 6.45) is 1.58. The zero-order valence-corrected chi connectivity index (χ0v) is 11.5. The fourth-order valence-electron chi connectivity index (χ4n) is 2.20. The maximum atomic E-state index is 12.5. The zero-order chi connectivity index (χ0) is 14.0. The van der Waals surface area contributed by atoms with E-state index in [4.69, 9.17) is 0 Å². The summed E-state index contributed by atoms with van der Waals surface area (Å²) in [5, 5.41) is 7.15. The normalized spacial score (nSPS) is 19.3. The molecule has 1 saturated heterocycles. The van der Waals surface area contributed by atoms with Gasteiger partial charge in [0.1, 0.15) is 11.7 Å². The van der Waals surface area contributed by atoms with Gasteiger partial charge in [-0.2, -0.15) is 5.10 Å². The molecule has 7 heteroatoms. The monoisotopic (exact) mass is 265 g/mol. The molecule has 0 aromatic carbocycles. The Hall–Kier alpha value is -1.89. The van der Waals surface area contributed by atoms with Crippen molar-refractivity contribution in [2.75, 3.05) is 33.7 Å². The van der Waals surface area contributed by atoms with Crippen LogP contribution in [0.5, 0.6) is 0 Å². The van der Waals surface area contributed by atoms with Crippen molar-refractivity contribution in [1.29, 1.82) is 0 Å². The number of piperazine rings is 1. The molecule has 2 amide bonds. The van der Waals surface area contributed by atoms with Gasteiger partial charge in [0, 0.05) is 47.0 Å². The first-order valence-corrected chi connectivity index (χ1v) is 6.23. The summed E-state index contributed by atoms with van der Waals surface area (Å²) in [4.78, 5) is 27.8. The van der Waals surface area contributed by atoms with E-state index in [1.807, 2.05) is 0 Å². The van der Waals surface area contributed by atoms with E-state index in [1.165, 1.54) is 9.58 Å². The van der Waals surface area contributed by atoms with Crippen molar-refractivity contribution >= 4 is 11.8 Å². The molecule has 1 fully saturated rings. The molecule has 1 aromatic rings. The molecule has 2 rings (SSSR count). The summed E-state index contributed by atoms with van der Waals surface area (Å²) >= 11 is 0. The fraction of sp³-hybridized carbons (Fsp3) is 0.583. The Kier molecular flexibility index (Phi) is 3.84. The van der Waals surface area contributed by atoms with Gasteiger partial charge in [-0.05, 0) is 6.07 Å². The van der Waals surface area contributed by atoms with Crippen molar-refractivity contribution in [3.05, 3.63) is 18.0 Å². The van der Waals surface area contributed by atoms with Crippen LogP contribution in [0.2, 0.25) is 0 Å². The predicted molar refractivity (Wildman–Crippen MR) is 69.6 cm³/mol. The van der Waals surface area contributed by atoms with Crippen LogP contribution >= 0.6 is 0 Å². The Bertz CT molecular complexity index is 482. The molecule has 1 atom stereocenters. The molecule has 19 heavy (non-hydrogen) atoms. The van der Waals surface area contributed by atoms with E-state index in [-0.39, 0.29) is 11.8 Å². The lowest BCUT2D eigenvalue weighted by molar-refractivity contribution is -0.134. The van der Waals surface area contributed by atoms with Crippen LogP contribution in [0.15, 0.2) is 12.3 Å². The predicted octanol–water partition coefficient (Wildman–Crippen LogP) is -1.08. The van der Waals surface area contributed by atoms with E-state index in [9.17, 15) is 9.59 Å². The quantitative estimate of drug-likeness (QED) is 0.738. The van der Waals surface area contributed by atoms with Crippen molar-refractivity contribution in [2.45, 2.75) is 6.04 Å². The number of carbonyl (C=O) groups excluding carboxylic acids is 2. The highest BCUT2D eigenvalue weighted by atomic mass is 16.2. The third-order valence-electron chi connectivity index (χ3n) is 3.27. The molecule has 1 unspecified atom stereocenters. The second-order valence-corrected chi connectivity index (χ2v) is 4.79. The summed E-state index contributed by atoms with van der Waals surface area (Å²) in [5.41, 5.74) is 0.499. The van der Waals surface area contributed by atoms with Gasteiger partial charge in [-0.15, -0.1) is 0 Å². The van der Waals surface area contributed by atoms with Gasteiger partial charge in [0.25, 0.3) is 5.91 Å². The number of hydrogen-bond donors (Lipinski definition) is 1. The van der Waals surface area contributed by atoms with E-state index in [2.05, 4.69) is 10.4 Å². The second kappa shape index (κ2) is 5.40. The number of nitrogens with one attached hydrogen (secondary N) is 1. The maximum Gasteiger partial charge on any atom is 0.272 e. The lowest BCUT2D eigenvalue weighted by Gasteiger charge is -2.36. The van der Waals surface area contributed by atoms with E-state index >= 15 is 0 Å². The maximum absolute atomic E-state index is 12.5. The lowest BCUT2D eigenvalue weighted by Crippen LogP contribution is -2.59. The number of amides is 2. The third-order valence-corrected chi connectivity index (χ3v) is 3.27. The molecular weight excluding hydrogens is 246 g/mol. The van der Waals surface area contributed by atoms with E-state index in [0.717, 1.165) is 0 Å². The molecule has 0 spiro atoms. The zero-order valence-electron chi connectivity index (χ0n) is 11.5. The molecule has 2 heterocycles. The van der Waals surface area contributed by atoms with E-state index < -0.39 is 6.04 Å². The number of likely N-dealkylation sites (N-methyl/N-ethyl adjacent to an activating group) is 1. The highest BCUT2D eigenvalue weighted by molar-refractivity contribution is 5.96. The number of aryl methyl sites for hydroxylation is 1. The molecule has 0 aliphatic carbocycles. The lowest BCUT2D eigenvalue weighted by atomic mass is 10.1. The standard InChI is InChI=1S/C12H19N5O2/c1-15(2)11(18)10-8-13-6-7-17(10)12(19)9-4-5-14-16(9)3/h4-5,10,13H,6-8H2,1-3H3. The molecule has 0 radical (unpaired) electrons. The molecule has 1 aliphatic heterocycles. The van der Waals surface area contributed by atoms with Gasteiger partial charge in [0.15, 0.2) is 0 Å². The largest absolute Gasteiger partial charge is 0.347 e. The van der Waals surface area contributed by atoms with Gasteiger partial charge in [0.05, 0.1) is 0 Å². The van der Waals surface area contributed by atoms with Gasteiger partial charge in [-0.3, -0.25) is 14.3 Å². The third kappa shape index (κ3) is 2.60. The Morgan fingerprint density at radius 2 is 2.21 bits per heavy atom. The minimum atomic E-state index is -0.453. The molecule has 1 aromatic heterocycles. The highest BCUT2D eigenvalue weighted by Crippen LogP contribution is 2.11. The van der Waals surface area contributed by atoms with Crippen LogP contribution in [0.4, 0.5) is 0 Å². The number of hydrogen-bond acceptors (Lipinski definition) is 4. The highest BCUT2D eigenvalue weighted by Gasteiger charge is 2.34. The van der Waals surface area contributed by atoms with E-state index in [0.29, 0.717) is 25.3 Å². The number of carbonyl (C=O) groups is 2. The Balaban J connectivity index is 2.23. The average molecular weight is 265 g/mol. The SMILES string of the molecule is CN(C)C(=O)C1CNCCN1C(=O)c1ccnn1C. The summed E-state index contributed by atoms with van der Waals surface area (Å²) in [6.45, 7) is 1.70. The van der Waals surface area contributed by atoms with Gasteiger partial charge in [0.2, 0.25) is 5.91 Å². The van der Waals surface area contributed by atoms with Crippen LogP contribution in [0.1, 0.15) is 10.5 Å². The average Bonchev–Trinajstić information content (AvgIpc) is 2.83. The van der Waals surface area contributed by atoms with Crippen molar-refractivity contribution in [3.8, 4) is 0 Å². The fourth-order valence-corrected chi connectivity index (χ4v) is 2.20. The Labute approximate surface area is 112 Å². The molecule has 1 N–H and O–H groups in total. The minimum Gasteiger partial charge on any atom is -0.347 e.